The molecule has 0 spiro atoms. The SMILES string of the molecule is CC(C)(C)OC(=O)[C@H]1CCCO1. The summed E-state index contributed by atoms with van der Waals surface area (Å²) in [5.74, 6) is -0.222. The highest BCUT2D eigenvalue weighted by Gasteiger charge is 2.28. The van der Waals surface area contributed by atoms with Crippen molar-refractivity contribution in [2.45, 2.75) is 45.3 Å². The Bertz CT molecular complexity index is 163. The number of carbonyl (C=O) groups is 1. The van der Waals surface area contributed by atoms with Crippen molar-refractivity contribution >= 4 is 5.97 Å². The summed E-state index contributed by atoms with van der Waals surface area (Å²) in [4.78, 5) is 11.3. The number of hydrogen-bond donors (Lipinski definition) is 0. The van der Waals surface area contributed by atoms with Crippen LogP contribution in [0.1, 0.15) is 33.6 Å². The zero-order valence-corrected chi connectivity index (χ0v) is 7.92. The molecule has 3 nitrogen and oxygen atoms in total. The van der Waals surface area contributed by atoms with E-state index in [-0.39, 0.29) is 12.1 Å². The van der Waals surface area contributed by atoms with Gasteiger partial charge in [-0.1, -0.05) is 0 Å². The molecule has 0 radical (unpaired) electrons. The van der Waals surface area contributed by atoms with Crippen molar-refractivity contribution < 1.29 is 14.3 Å². The Morgan fingerprint density at radius 2 is 2.17 bits per heavy atom. The van der Waals surface area contributed by atoms with Crippen molar-refractivity contribution in [2.24, 2.45) is 0 Å². The lowest BCUT2D eigenvalue weighted by molar-refractivity contribution is -0.165. The minimum Gasteiger partial charge on any atom is -0.458 e. The Morgan fingerprint density at radius 3 is 2.58 bits per heavy atom. The largest absolute Gasteiger partial charge is 0.458 e. The van der Waals surface area contributed by atoms with Gasteiger partial charge in [-0.25, -0.2) is 4.79 Å². The summed E-state index contributed by atoms with van der Waals surface area (Å²) in [5.41, 5.74) is -0.400. The van der Waals surface area contributed by atoms with E-state index in [2.05, 4.69) is 0 Å². The molecule has 0 aromatic carbocycles. The number of esters is 1. The molecule has 70 valence electrons. The first-order chi connectivity index (χ1) is 5.49. The van der Waals surface area contributed by atoms with Gasteiger partial charge in [0.2, 0.25) is 0 Å². The zero-order valence-electron chi connectivity index (χ0n) is 7.92. The van der Waals surface area contributed by atoms with Crippen molar-refractivity contribution in [3.05, 3.63) is 0 Å². The second-order valence-electron chi connectivity index (χ2n) is 4.04. The maximum absolute atomic E-state index is 11.3. The van der Waals surface area contributed by atoms with Crippen LogP contribution in [0, 0.1) is 0 Å². The number of rotatable bonds is 1. The molecule has 0 bridgehead atoms. The van der Waals surface area contributed by atoms with Gasteiger partial charge >= 0.3 is 5.97 Å². The molecule has 0 aromatic rings. The molecule has 1 heterocycles. The first kappa shape index (κ1) is 9.52. The molecular formula is C9H16O3. The van der Waals surface area contributed by atoms with Crippen LogP contribution in [0.4, 0.5) is 0 Å². The van der Waals surface area contributed by atoms with Gasteiger partial charge in [0, 0.05) is 6.61 Å². The van der Waals surface area contributed by atoms with E-state index in [1.165, 1.54) is 0 Å². The molecule has 1 fully saturated rings. The minimum atomic E-state index is -0.400. The average Bonchev–Trinajstić information content (AvgIpc) is 2.32. The molecule has 12 heavy (non-hydrogen) atoms. The van der Waals surface area contributed by atoms with Gasteiger partial charge in [-0.05, 0) is 33.6 Å². The van der Waals surface area contributed by atoms with Gasteiger partial charge in [0.05, 0.1) is 0 Å². The minimum absolute atomic E-state index is 0.222. The van der Waals surface area contributed by atoms with Crippen molar-refractivity contribution in [3.63, 3.8) is 0 Å². The number of hydrogen-bond acceptors (Lipinski definition) is 3. The molecule has 0 aliphatic carbocycles. The summed E-state index contributed by atoms with van der Waals surface area (Å²) in [5, 5.41) is 0. The second kappa shape index (κ2) is 3.44. The number of ether oxygens (including phenoxy) is 2. The molecule has 0 aromatic heterocycles. The predicted molar refractivity (Wildman–Crippen MR) is 44.8 cm³/mol. The van der Waals surface area contributed by atoms with Crippen LogP contribution in [0.25, 0.3) is 0 Å². The van der Waals surface area contributed by atoms with Gasteiger partial charge < -0.3 is 9.47 Å². The molecular weight excluding hydrogens is 156 g/mol. The highest BCUT2D eigenvalue weighted by Crippen LogP contribution is 2.17. The Kier molecular flexibility index (Phi) is 2.73. The Morgan fingerprint density at radius 1 is 1.50 bits per heavy atom. The zero-order chi connectivity index (χ0) is 9.19. The number of carbonyl (C=O) groups excluding carboxylic acids is 1. The summed E-state index contributed by atoms with van der Waals surface area (Å²) < 4.78 is 10.3. The van der Waals surface area contributed by atoms with Crippen molar-refractivity contribution in [3.8, 4) is 0 Å². The van der Waals surface area contributed by atoms with Crippen molar-refractivity contribution in [2.75, 3.05) is 6.61 Å². The van der Waals surface area contributed by atoms with E-state index in [1.54, 1.807) is 0 Å². The monoisotopic (exact) mass is 172 g/mol. The molecule has 0 unspecified atom stereocenters. The highest BCUT2D eigenvalue weighted by molar-refractivity contribution is 5.75. The summed E-state index contributed by atoms with van der Waals surface area (Å²) in [6, 6.07) is 0. The average molecular weight is 172 g/mol. The lowest BCUT2D eigenvalue weighted by Gasteiger charge is -2.21. The van der Waals surface area contributed by atoms with E-state index >= 15 is 0 Å². The quantitative estimate of drug-likeness (QED) is 0.562. The lowest BCUT2D eigenvalue weighted by atomic mass is 10.2. The third kappa shape index (κ3) is 2.81. The maximum Gasteiger partial charge on any atom is 0.335 e. The molecule has 3 heteroatoms. The smallest absolute Gasteiger partial charge is 0.335 e. The van der Waals surface area contributed by atoms with Crippen LogP contribution in [0.5, 0.6) is 0 Å². The second-order valence-corrected chi connectivity index (χ2v) is 4.04. The van der Waals surface area contributed by atoms with Gasteiger partial charge in [0.25, 0.3) is 0 Å². The van der Waals surface area contributed by atoms with E-state index in [1.807, 2.05) is 20.8 Å². The van der Waals surface area contributed by atoms with Crippen LogP contribution in [-0.2, 0) is 14.3 Å². The fourth-order valence-corrected chi connectivity index (χ4v) is 1.13. The van der Waals surface area contributed by atoms with E-state index < -0.39 is 5.60 Å². The van der Waals surface area contributed by atoms with Crippen LogP contribution >= 0.6 is 0 Å². The first-order valence-corrected chi connectivity index (χ1v) is 4.33. The molecule has 1 rings (SSSR count). The first-order valence-electron chi connectivity index (χ1n) is 4.33. The van der Waals surface area contributed by atoms with E-state index in [9.17, 15) is 4.79 Å². The predicted octanol–water partition coefficient (Wildman–Crippen LogP) is 1.51. The Labute approximate surface area is 73.0 Å². The third-order valence-electron chi connectivity index (χ3n) is 1.60. The molecule has 0 amide bonds. The summed E-state index contributed by atoms with van der Waals surface area (Å²) >= 11 is 0. The maximum atomic E-state index is 11.3. The van der Waals surface area contributed by atoms with Gasteiger partial charge in [-0.15, -0.1) is 0 Å². The van der Waals surface area contributed by atoms with E-state index in [0.717, 1.165) is 12.8 Å². The standard InChI is InChI=1S/C9H16O3/c1-9(2,3)12-8(10)7-5-4-6-11-7/h7H,4-6H2,1-3H3/t7-/m1/s1. The normalized spacial score (nSPS) is 24.1. The fraction of sp³-hybridized carbons (Fsp3) is 0.889. The van der Waals surface area contributed by atoms with Gasteiger partial charge in [-0.3, -0.25) is 0 Å². The molecule has 1 aliphatic heterocycles. The summed E-state index contributed by atoms with van der Waals surface area (Å²) in [7, 11) is 0. The Hall–Kier alpha value is -0.570. The van der Waals surface area contributed by atoms with Crippen molar-refractivity contribution in [1.82, 2.24) is 0 Å². The van der Waals surface area contributed by atoms with E-state index in [4.69, 9.17) is 9.47 Å². The van der Waals surface area contributed by atoms with Crippen LogP contribution in [0.15, 0.2) is 0 Å². The van der Waals surface area contributed by atoms with Gasteiger partial charge in [0.15, 0.2) is 6.10 Å². The van der Waals surface area contributed by atoms with Crippen molar-refractivity contribution in [1.29, 1.82) is 0 Å². The molecule has 0 N–H and O–H groups in total. The molecule has 1 saturated heterocycles. The van der Waals surface area contributed by atoms with E-state index in [0.29, 0.717) is 6.61 Å². The van der Waals surface area contributed by atoms with Gasteiger partial charge in [-0.2, -0.15) is 0 Å². The highest BCUT2D eigenvalue weighted by atomic mass is 16.6. The van der Waals surface area contributed by atoms with Crippen LogP contribution in [0.3, 0.4) is 0 Å². The molecule has 1 atom stereocenters. The topological polar surface area (TPSA) is 35.5 Å². The molecule has 0 saturated carbocycles. The van der Waals surface area contributed by atoms with Crippen LogP contribution < -0.4 is 0 Å². The lowest BCUT2D eigenvalue weighted by Crippen LogP contribution is -2.31. The van der Waals surface area contributed by atoms with Crippen LogP contribution in [0.2, 0.25) is 0 Å². The fourth-order valence-electron chi connectivity index (χ4n) is 1.13. The molecule has 1 aliphatic rings. The third-order valence-corrected chi connectivity index (χ3v) is 1.60. The Balaban J connectivity index is 2.37. The summed E-state index contributed by atoms with van der Waals surface area (Å²) in [6.07, 6.45) is 1.45. The van der Waals surface area contributed by atoms with Crippen LogP contribution in [-0.4, -0.2) is 24.3 Å². The summed E-state index contributed by atoms with van der Waals surface area (Å²) in [6.45, 7) is 6.27. The van der Waals surface area contributed by atoms with Gasteiger partial charge in [0.1, 0.15) is 5.60 Å².